The predicted molar refractivity (Wildman–Crippen MR) is 125 cm³/mol. The summed E-state index contributed by atoms with van der Waals surface area (Å²) in [5.74, 6) is -0.473. The summed E-state index contributed by atoms with van der Waals surface area (Å²) in [5.41, 5.74) is 7.12. The monoisotopic (exact) mass is 447 g/mol. The Balaban J connectivity index is 0.00000231. The van der Waals surface area contributed by atoms with Crippen LogP contribution in [-0.4, -0.2) is 71.0 Å². The molecule has 0 saturated carbocycles. The average Bonchev–Trinajstić information content (AvgIpc) is 3.10. The van der Waals surface area contributed by atoms with E-state index in [0.717, 1.165) is 25.2 Å². The van der Waals surface area contributed by atoms with Gasteiger partial charge in [-0.3, -0.25) is 9.69 Å². The fourth-order valence-corrected chi connectivity index (χ4v) is 6.17. The molecule has 0 spiro atoms. The third-order valence-electron chi connectivity index (χ3n) is 7.67. The number of rotatable bonds is 3. The van der Waals surface area contributed by atoms with Crippen molar-refractivity contribution < 1.29 is 9.21 Å². The predicted octanol–water partition coefficient (Wildman–Crippen LogP) is 3.26. The molecule has 0 aliphatic carbocycles. The van der Waals surface area contributed by atoms with Crippen LogP contribution in [0.25, 0.3) is 11.1 Å². The summed E-state index contributed by atoms with van der Waals surface area (Å²) in [6.45, 7) is 6.53. The molecule has 4 atom stereocenters. The maximum absolute atomic E-state index is 11.8. The molecule has 3 aliphatic rings. The van der Waals surface area contributed by atoms with Crippen molar-refractivity contribution >= 4 is 35.4 Å². The van der Waals surface area contributed by atoms with Gasteiger partial charge in [0.2, 0.25) is 0 Å². The summed E-state index contributed by atoms with van der Waals surface area (Å²) in [6, 6.07) is 8.69. The highest BCUT2D eigenvalue weighted by Gasteiger charge is 2.41. The van der Waals surface area contributed by atoms with Gasteiger partial charge in [-0.05, 0) is 58.7 Å². The first-order valence-electron chi connectivity index (χ1n) is 11.4. The van der Waals surface area contributed by atoms with Gasteiger partial charge in [0.05, 0.1) is 5.56 Å². The van der Waals surface area contributed by atoms with Crippen molar-refractivity contribution in [3.63, 3.8) is 0 Å². The Hall–Kier alpha value is -1.83. The molecule has 2 N–H and O–H groups in total. The van der Waals surface area contributed by atoms with Gasteiger partial charge in [0.25, 0.3) is 11.9 Å². The number of oxazole rings is 1. The summed E-state index contributed by atoms with van der Waals surface area (Å²) >= 11 is 0. The summed E-state index contributed by atoms with van der Waals surface area (Å²) < 4.78 is 6.08. The second-order valence-electron chi connectivity index (χ2n) is 9.60. The number of halogens is 1. The number of benzene rings is 1. The Bertz CT molecular complexity index is 923. The molecule has 8 heteroatoms. The van der Waals surface area contributed by atoms with Crippen molar-refractivity contribution in [2.24, 2.45) is 5.73 Å². The molecular weight excluding hydrogens is 414 g/mol. The molecule has 7 nitrogen and oxygen atoms in total. The minimum Gasteiger partial charge on any atom is -0.423 e. The first kappa shape index (κ1) is 22.4. The number of fused-ring (bicyclic) bond motifs is 3. The van der Waals surface area contributed by atoms with Crippen LogP contribution in [-0.2, 0) is 0 Å². The molecule has 0 radical (unpaired) electrons. The van der Waals surface area contributed by atoms with Gasteiger partial charge in [0.15, 0.2) is 5.58 Å². The zero-order valence-corrected chi connectivity index (χ0v) is 19.5. The summed E-state index contributed by atoms with van der Waals surface area (Å²) in [4.78, 5) is 24.1. The number of carbonyl (C=O) groups is 1. The minimum atomic E-state index is -0.473. The fourth-order valence-electron chi connectivity index (χ4n) is 6.17. The lowest BCUT2D eigenvalue weighted by Gasteiger charge is -2.53. The quantitative estimate of drug-likeness (QED) is 0.777. The number of piperidine rings is 2. The molecule has 1 aromatic carbocycles. The molecule has 4 heterocycles. The van der Waals surface area contributed by atoms with Gasteiger partial charge in [-0.1, -0.05) is 12.5 Å². The number of amides is 1. The van der Waals surface area contributed by atoms with E-state index in [1.54, 1.807) is 12.1 Å². The van der Waals surface area contributed by atoms with Gasteiger partial charge >= 0.3 is 0 Å². The topological polar surface area (TPSA) is 78.8 Å². The molecule has 3 aliphatic heterocycles. The second-order valence-corrected chi connectivity index (χ2v) is 9.60. The molecular formula is C23H34ClN5O2. The maximum atomic E-state index is 11.8. The third kappa shape index (κ3) is 3.92. The number of para-hydroxylation sites is 1. The SMILES string of the molecule is C[C@H]1CN(C2CC3CCCC(C2)N3C)C[C@H](C)N1c1nc2c(C(N)=O)cccc2o1.Cl. The molecule has 5 rings (SSSR count). The van der Waals surface area contributed by atoms with E-state index in [-0.39, 0.29) is 12.4 Å². The van der Waals surface area contributed by atoms with Crippen LogP contribution in [0.1, 0.15) is 56.3 Å². The Kier molecular flexibility index (Phi) is 6.21. The highest BCUT2D eigenvalue weighted by molar-refractivity contribution is 6.03. The third-order valence-corrected chi connectivity index (χ3v) is 7.67. The maximum Gasteiger partial charge on any atom is 0.298 e. The van der Waals surface area contributed by atoms with Crippen LogP contribution in [0.5, 0.6) is 0 Å². The number of anilines is 1. The number of piperazine rings is 1. The van der Waals surface area contributed by atoms with Crippen LogP contribution in [0.4, 0.5) is 6.01 Å². The Morgan fingerprint density at radius 1 is 1.10 bits per heavy atom. The first-order chi connectivity index (χ1) is 14.4. The summed E-state index contributed by atoms with van der Waals surface area (Å²) in [7, 11) is 2.32. The lowest BCUT2D eigenvalue weighted by Crippen LogP contribution is -2.63. The number of aromatic nitrogens is 1. The van der Waals surface area contributed by atoms with E-state index < -0.39 is 5.91 Å². The van der Waals surface area contributed by atoms with Crippen LogP contribution >= 0.6 is 12.4 Å². The van der Waals surface area contributed by atoms with E-state index in [4.69, 9.17) is 10.2 Å². The molecule has 3 saturated heterocycles. The van der Waals surface area contributed by atoms with Gasteiger partial charge < -0.3 is 20.0 Å². The Morgan fingerprint density at radius 3 is 2.35 bits per heavy atom. The van der Waals surface area contributed by atoms with Crippen LogP contribution in [0, 0.1) is 0 Å². The molecule has 2 bridgehead atoms. The Morgan fingerprint density at radius 2 is 1.74 bits per heavy atom. The lowest BCUT2D eigenvalue weighted by atomic mass is 9.81. The van der Waals surface area contributed by atoms with Gasteiger partial charge in [-0.2, -0.15) is 4.98 Å². The standard InChI is InChI=1S/C23H33N5O2.ClH/c1-14-12-27(18-10-16-6-4-7-17(11-18)26(16)3)13-15(2)28(14)23-25-21-19(22(24)29)8-5-9-20(21)30-23;/h5,8-9,14-18H,4,6-7,10-13H2,1-3H3,(H2,24,29);1H/t14-,15-,16?,17?,18?;/m0./s1. The van der Waals surface area contributed by atoms with Crippen molar-refractivity contribution in [2.45, 2.75) is 76.2 Å². The van der Waals surface area contributed by atoms with Gasteiger partial charge in [0, 0.05) is 43.3 Å². The van der Waals surface area contributed by atoms with Crippen molar-refractivity contribution in [3.8, 4) is 0 Å². The number of carbonyl (C=O) groups excluding carboxylic acids is 1. The van der Waals surface area contributed by atoms with Crippen LogP contribution < -0.4 is 10.6 Å². The highest BCUT2D eigenvalue weighted by Crippen LogP contribution is 2.37. The van der Waals surface area contributed by atoms with Crippen molar-refractivity contribution in [2.75, 3.05) is 25.0 Å². The van der Waals surface area contributed by atoms with Gasteiger partial charge in [-0.15, -0.1) is 12.4 Å². The van der Waals surface area contributed by atoms with Crippen molar-refractivity contribution in [1.29, 1.82) is 0 Å². The zero-order valence-electron chi connectivity index (χ0n) is 18.7. The van der Waals surface area contributed by atoms with E-state index in [1.165, 1.54) is 32.1 Å². The van der Waals surface area contributed by atoms with E-state index in [9.17, 15) is 4.79 Å². The number of nitrogens with zero attached hydrogens (tertiary/aromatic N) is 4. The van der Waals surface area contributed by atoms with Crippen LogP contribution in [0.3, 0.4) is 0 Å². The summed E-state index contributed by atoms with van der Waals surface area (Å²) in [5, 5.41) is 0. The number of primary amides is 1. The van der Waals surface area contributed by atoms with Crippen LogP contribution in [0.2, 0.25) is 0 Å². The molecule has 2 aromatic rings. The highest BCUT2D eigenvalue weighted by atomic mass is 35.5. The number of nitrogens with two attached hydrogens (primary N) is 1. The van der Waals surface area contributed by atoms with Gasteiger partial charge in [0.1, 0.15) is 5.52 Å². The molecule has 3 fully saturated rings. The largest absolute Gasteiger partial charge is 0.423 e. The molecule has 1 amide bonds. The van der Waals surface area contributed by atoms with E-state index >= 15 is 0 Å². The van der Waals surface area contributed by atoms with Crippen LogP contribution in [0.15, 0.2) is 22.6 Å². The van der Waals surface area contributed by atoms with Gasteiger partial charge in [-0.25, -0.2) is 0 Å². The molecule has 31 heavy (non-hydrogen) atoms. The molecule has 170 valence electrons. The van der Waals surface area contributed by atoms with E-state index in [0.29, 0.717) is 40.8 Å². The normalized spacial score (nSPS) is 32.1. The number of hydrogen-bond acceptors (Lipinski definition) is 6. The average molecular weight is 448 g/mol. The zero-order chi connectivity index (χ0) is 21.0. The smallest absolute Gasteiger partial charge is 0.298 e. The van der Waals surface area contributed by atoms with Crippen molar-refractivity contribution in [1.82, 2.24) is 14.8 Å². The van der Waals surface area contributed by atoms with Crippen molar-refractivity contribution in [3.05, 3.63) is 23.8 Å². The molecule has 2 unspecified atom stereocenters. The number of hydrogen-bond donors (Lipinski definition) is 1. The van der Waals surface area contributed by atoms with E-state index in [2.05, 4.69) is 40.6 Å². The fraction of sp³-hybridized carbons (Fsp3) is 0.652. The summed E-state index contributed by atoms with van der Waals surface area (Å²) in [6.07, 6.45) is 6.66. The Labute approximate surface area is 190 Å². The first-order valence-corrected chi connectivity index (χ1v) is 11.4. The lowest BCUT2D eigenvalue weighted by molar-refractivity contribution is -0.000308. The minimum absolute atomic E-state index is 0. The molecule has 1 aromatic heterocycles. The second kappa shape index (κ2) is 8.60. The van der Waals surface area contributed by atoms with E-state index in [1.807, 2.05) is 6.07 Å².